The fraction of sp³-hybridized carbons (Fsp3) is 0.0625. The highest BCUT2D eigenvalue weighted by Crippen LogP contribution is 2.46. The molecule has 2 aliphatic carbocycles. The van der Waals surface area contributed by atoms with Gasteiger partial charge in [0.25, 0.3) is 0 Å². The maximum atomic E-state index is 12.0. The van der Waals surface area contributed by atoms with Crippen molar-refractivity contribution in [3.63, 3.8) is 0 Å². The zero-order chi connectivity index (χ0) is 25.5. The second-order valence-electron chi connectivity index (χ2n) is 8.96. The van der Waals surface area contributed by atoms with Crippen molar-refractivity contribution in [2.75, 3.05) is 0 Å². The molecule has 2 atom stereocenters. The summed E-state index contributed by atoms with van der Waals surface area (Å²) in [6.07, 6.45) is 15.2. The van der Waals surface area contributed by atoms with Gasteiger partial charge < -0.3 is 14.0 Å². The Labute approximate surface area is 213 Å². The molecule has 180 valence electrons. The van der Waals surface area contributed by atoms with Crippen LogP contribution in [0.3, 0.4) is 0 Å². The second-order valence-corrected chi connectivity index (χ2v) is 8.96. The Kier molecular flexibility index (Phi) is 5.46. The summed E-state index contributed by atoms with van der Waals surface area (Å²) in [5, 5.41) is 3.50. The Bertz CT molecular complexity index is 1680. The van der Waals surface area contributed by atoms with Crippen molar-refractivity contribution in [1.82, 2.24) is 4.57 Å². The first-order chi connectivity index (χ1) is 18.1. The summed E-state index contributed by atoms with van der Waals surface area (Å²) in [5.74, 6) is -0.290. The number of allylic oxidation sites excluding steroid dienone is 5. The SMILES string of the molecule is C=CC(=O)Oc1cc(OC(=O)C=C)cc(-n2c3c(c4c5ccccc5ccc42)C2C=CC=CC2C=C3)c1. The molecule has 1 heterocycles. The zero-order valence-corrected chi connectivity index (χ0v) is 20.0. The van der Waals surface area contributed by atoms with E-state index in [1.807, 2.05) is 6.07 Å². The zero-order valence-electron chi connectivity index (χ0n) is 20.0. The number of carbonyl (C=O) groups excluding carboxylic acids is 2. The van der Waals surface area contributed by atoms with E-state index in [0.29, 0.717) is 5.69 Å². The molecule has 1 aromatic heterocycles. The number of rotatable bonds is 5. The minimum atomic E-state index is -0.606. The smallest absolute Gasteiger partial charge is 0.335 e. The quantitative estimate of drug-likeness (QED) is 0.177. The number of hydrogen-bond donors (Lipinski definition) is 0. The summed E-state index contributed by atoms with van der Waals surface area (Å²) >= 11 is 0. The van der Waals surface area contributed by atoms with E-state index in [0.717, 1.165) is 28.7 Å². The fourth-order valence-corrected chi connectivity index (χ4v) is 5.31. The molecule has 2 unspecified atom stereocenters. The molecule has 0 radical (unpaired) electrons. The van der Waals surface area contributed by atoms with Gasteiger partial charge in [-0.3, -0.25) is 0 Å². The first-order valence-corrected chi connectivity index (χ1v) is 12.0. The molecule has 0 aliphatic heterocycles. The van der Waals surface area contributed by atoms with Crippen molar-refractivity contribution < 1.29 is 19.1 Å². The van der Waals surface area contributed by atoms with Crippen LogP contribution in [0.2, 0.25) is 0 Å². The second kappa shape index (κ2) is 8.95. The lowest BCUT2D eigenvalue weighted by molar-refractivity contribution is -0.129. The number of fused-ring (bicyclic) bond motifs is 7. The van der Waals surface area contributed by atoms with Crippen LogP contribution in [0.5, 0.6) is 11.5 Å². The number of aromatic nitrogens is 1. The highest BCUT2D eigenvalue weighted by Gasteiger charge is 2.31. The van der Waals surface area contributed by atoms with Gasteiger partial charge in [0.15, 0.2) is 0 Å². The van der Waals surface area contributed by atoms with Gasteiger partial charge in [-0.25, -0.2) is 9.59 Å². The first-order valence-electron chi connectivity index (χ1n) is 12.0. The van der Waals surface area contributed by atoms with Gasteiger partial charge in [0.2, 0.25) is 0 Å². The van der Waals surface area contributed by atoms with Crippen LogP contribution in [0.4, 0.5) is 0 Å². The Hall–Kier alpha value is -4.90. The lowest BCUT2D eigenvalue weighted by atomic mass is 9.78. The summed E-state index contributed by atoms with van der Waals surface area (Å²) < 4.78 is 13.0. The first kappa shape index (κ1) is 22.6. The molecule has 5 nitrogen and oxygen atoms in total. The molecule has 3 aromatic carbocycles. The molecular formula is C32H23NO4. The Morgan fingerprint density at radius 3 is 2.27 bits per heavy atom. The Morgan fingerprint density at radius 1 is 0.838 bits per heavy atom. The largest absolute Gasteiger partial charge is 0.423 e. The highest BCUT2D eigenvalue weighted by molar-refractivity contribution is 6.11. The van der Waals surface area contributed by atoms with Crippen LogP contribution in [0.15, 0.2) is 110 Å². The van der Waals surface area contributed by atoms with Crippen molar-refractivity contribution in [1.29, 1.82) is 0 Å². The third-order valence-electron chi connectivity index (χ3n) is 6.81. The number of benzene rings is 3. The molecule has 37 heavy (non-hydrogen) atoms. The predicted molar refractivity (Wildman–Crippen MR) is 146 cm³/mol. The van der Waals surface area contributed by atoms with E-state index >= 15 is 0 Å². The summed E-state index contributed by atoms with van der Waals surface area (Å²) in [6.45, 7) is 6.96. The van der Waals surface area contributed by atoms with E-state index in [4.69, 9.17) is 9.47 Å². The van der Waals surface area contributed by atoms with E-state index in [9.17, 15) is 9.59 Å². The molecular weight excluding hydrogens is 462 g/mol. The van der Waals surface area contributed by atoms with Gasteiger partial charge in [-0.15, -0.1) is 0 Å². The molecule has 0 bridgehead atoms. The average Bonchev–Trinajstić information content (AvgIpc) is 3.28. The van der Waals surface area contributed by atoms with Crippen LogP contribution < -0.4 is 9.47 Å². The number of carbonyl (C=O) groups is 2. The predicted octanol–water partition coefficient (Wildman–Crippen LogP) is 6.82. The lowest BCUT2D eigenvalue weighted by Crippen LogP contribution is -2.14. The molecule has 0 spiro atoms. The Morgan fingerprint density at radius 2 is 1.54 bits per heavy atom. The minimum Gasteiger partial charge on any atom is -0.423 e. The summed E-state index contributed by atoms with van der Waals surface area (Å²) in [7, 11) is 0. The van der Waals surface area contributed by atoms with Gasteiger partial charge in [0.05, 0.1) is 16.9 Å². The van der Waals surface area contributed by atoms with E-state index in [-0.39, 0.29) is 23.3 Å². The van der Waals surface area contributed by atoms with Crippen molar-refractivity contribution in [3.05, 3.63) is 122 Å². The van der Waals surface area contributed by atoms with Gasteiger partial charge in [0, 0.05) is 47.6 Å². The number of ether oxygens (including phenoxy) is 2. The van der Waals surface area contributed by atoms with E-state index in [1.165, 1.54) is 22.4 Å². The molecule has 6 rings (SSSR count). The van der Waals surface area contributed by atoms with Crippen LogP contribution in [0, 0.1) is 5.92 Å². The van der Waals surface area contributed by atoms with Crippen LogP contribution in [0.1, 0.15) is 17.2 Å². The standard InChI is InChI=1S/C32H23NO4/c1-3-29(34)36-23-17-22(18-24(19-23)37-30(35)4-2)33-27-15-13-20-9-5-7-11-25(20)31(27)32-26-12-8-6-10-21(26)14-16-28(32)33/h3-20,25H,1-2H2. The molecule has 0 saturated carbocycles. The van der Waals surface area contributed by atoms with Crippen molar-refractivity contribution in [3.8, 4) is 17.2 Å². The lowest BCUT2D eigenvalue weighted by Gasteiger charge is -2.26. The number of esters is 2. The van der Waals surface area contributed by atoms with Crippen molar-refractivity contribution in [2.45, 2.75) is 5.92 Å². The van der Waals surface area contributed by atoms with Gasteiger partial charge in [-0.05, 0) is 28.5 Å². The molecule has 0 amide bonds. The summed E-state index contributed by atoms with van der Waals surface area (Å²) in [6, 6.07) is 17.6. The van der Waals surface area contributed by atoms with Gasteiger partial charge in [-0.1, -0.05) is 73.9 Å². The molecule has 0 fully saturated rings. The van der Waals surface area contributed by atoms with Crippen LogP contribution in [-0.4, -0.2) is 16.5 Å². The van der Waals surface area contributed by atoms with Gasteiger partial charge in [-0.2, -0.15) is 0 Å². The maximum absolute atomic E-state index is 12.0. The van der Waals surface area contributed by atoms with Gasteiger partial charge in [0.1, 0.15) is 11.5 Å². The number of hydrogen-bond acceptors (Lipinski definition) is 4. The molecule has 4 aromatic rings. The summed E-state index contributed by atoms with van der Waals surface area (Å²) in [4.78, 5) is 24.0. The molecule has 0 saturated heterocycles. The van der Waals surface area contributed by atoms with Gasteiger partial charge >= 0.3 is 11.9 Å². The molecule has 2 aliphatic rings. The summed E-state index contributed by atoms with van der Waals surface area (Å²) in [5.41, 5.74) is 3.96. The molecule has 5 heteroatoms. The van der Waals surface area contributed by atoms with E-state index < -0.39 is 11.9 Å². The fourth-order valence-electron chi connectivity index (χ4n) is 5.31. The molecule has 0 N–H and O–H groups in total. The third kappa shape index (κ3) is 3.81. The Balaban J connectivity index is 1.66. The third-order valence-corrected chi connectivity index (χ3v) is 6.81. The van der Waals surface area contributed by atoms with E-state index in [1.54, 1.807) is 12.1 Å². The minimum absolute atomic E-state index is 0.180. The van der Waals surface area contributed by atoms with Crippen LogP contribution >= 0.6 is 0 Å². The average molecular weight is 486 g/mol. The normalized spacial score (nSPS) is 17.3. The highest BCUT2D eigenvalue weighted by atomic mass is 16.5. The monoisotopic (exact) mass is 485 g/mol. The number of nitrogens with zero attached hydrogens (tertiary/aromatic N) is 1. The van der Waals surface area contributed by atoms with Crippen molar-refractivity contribution >= 4 is 39.7 Å². The van der Waals surface area contributed by atoms with Crippen LogP contribution in [0.25, 0.3) is 33.4 Å². The maximum Gasteiger partial charge on any atom is 0.335 e. The van der Waals surface area contributed by atoms with E-state index in [2.05, 4.69) is 84.5 Å². The van der Waals surface area contributed by atoms with Crippen molar-refractivity contribution in [2.24, 2.45) is 5.92 Å². The topological polar surface area (TPSA) is 57.5 Å². The van der Waals surface area contributed by atoms with Crippen LogP contribution in [-0.2, 0) is 9.59 Å².